The number of para-hydroxylation sites is 1. The first kappa shape index (κ1) is 17.6. The molecule has 124 valence electrons. The number of hydrogen-bond donors (Lipinski definition) is 2. The van der Waals surface area contributed by atoms with E-state index in [4.69, 9.17) is 16.3 Å². The predicted octanol–water partition coefficient (Wildman–Crippen LogP) is 1.83. The molecule has 0 bridgehead atoms. The van der Waals surface area contributed by atoms with Crippen LogP contribution in [0.15, 0.2) is 24.3 Å². The number of hydrogen-bond acceptors (Lipinski definition) is 5. The van der Waals surface area contributed by atoms with Crippen LogP contribution in [-0.2, 0) is 19.1 Å². The highest BCUT2D eigenvalue weighted by Crippen LogP contribution is 2.24. The Bertz CT molecular complexity index is 611. The summed E-state index contributed by atoms with van der Waals surface area (Å²) < 4.78 is 4.88. The van der Waals surface area contributed by atoms with Gasteiger partial charge in [0.25, 0.3) is 0 Å². The third kappa shape index (κ3) is 4.87. The molecule has 2 rings (SSSR count). The smallest absolute Gasteiger partial charge is 0.329 e. The second-order valence-electron chi connectivity index (χ2n) is 4.87. The Labute approximate surface area is 143 Å². The largest absolute Gasteiger partial charge is 0.464 e. The Kier molecular flexibility index (Phi) is 6.29. The summed E-state index contributed by atoms with van der Waals surface area (Å²) >= 11 is 7.24. The van der Waals surface area contributed by atoms with Crippen LogP contribution in [0.25, 0.3) is 0 Å². The number of thioether (sulfide) groups is 1. The lowest BCUT2D eigenvalue weighted by molar-refractivity contribution is -0.146. The first-order valence-electron chi connectivity index (χ1n) is 7.14. The highest BCUT2D eigenvalue weighted by atomic mass is 35.5. The van der Waals surface area contributed by atoms with Crippen molar-refractivity contribution in [2.24, 2.45) is 0 Å². The van der Waals surface area contributed by atoms with Gasteiger partial charge in [0.2, 0.25) is 11.8 Å². The van der Waals surface area contributed by atoms with Crippen molar-refractivity contribution in [3.63, 3.8) is 0 Å². The Morgan fingerprint density at radius 3 is 2.83 bits per heavy atom. The van der Waals surface area contributed by atoms with Crippen molar-refractivity contribution in [2.45, 2.75) is 24.6 Å². The van der Waals surface area contributed by atoms with Crippen molar-refractivity contribution in [3.05, 3.63) is 29.3 Å². The fourth-order valence-corrected chi connectivity index (χ4v) is 3.36. The standard InChI is InChI=1S/C15H17ClN2O4S/c1-2-22-15(21)11-8-23-12(14(20)18-11)7-13(19)17-10-6-4-3-5-9(10)16/h3-6,11-12H,2,7-8H2,1H3,(H,17,19)(H,18,20). The molecule has 1 heterocycles. The maximum absolute atomic E-state index is 12.0. The zero-order chi connectivity index (χ0) is 16.8. The molecule has 0 aromatic heterocycles. The molecule has 1 aliphatic heterocycles. The van der Waals surface area contributed by atoms with Crippen molar-refractivity contribution < 1.29 is 19.1 Å². The van der Waals surface area contributed by atoms with E-state index in [0.29, 0.717) is 16.5 Å². The van der Waals surface area contributed by atoms with Gasteiger partial charge in [-0.05, 0) is 19.1 Å². The number of benzene rings is 1. The number of amides is 2. The van der Waals surface area contributed by atoms with Gasteiger partial charge >= 0.3 is 5.97 Å². The van der Waals surface area contributed by atoms with E-state index in [-0.39, 0.29) is 24.8 Å². The van der Waals surface area contributed by atoms with Gasteiger partial charge in [0.15, 0.2) is 0 Å². The van der Waals surface area contributed by atoms with E-state index in [1.165, 1.54) is 11.8 Å². The van der Waals surface area contributed by atoms with E-state index in [1.807, 2.05) is 0 Å². The van der Waals surface area contributed by atoms with Crippen LogP contribution in [0.3, 0.4) is 0 Å². The predicted molar refractivity (Wildman–Crippen MR) is 89.5 cm³/mol. The molecule has 1 saturated heterocycles. The number of carbonyl (C=O) groups excluding carboxylic acids is 3. The van der Waals surface area contributed by atoms with Gasteiger partial charge in [0, 0.05) is 12.2 Å². The quantitative estimate of drug-likeness (QED) is 0.786. The van der Waals surface area contributed by atoms with Gasteiger partial charge in [0.05, 0.1) is 22.6 Å². The summed E-state index contributed by atoms with van der Waals surface area (Å²) in [6.07, 6.45) is 0.0112. The molecule has 1 aliphatic rings. The van der Waals surface area contributed by atoms with Crippen molar-refractivity contribution in [3.8, 4) is 0 Å². The molecule has 8 heteroatoms. The van der Waals surface area contributed by atoms with Gasteiger partial charge in [-0.3, -0.25) is 9.59 Å². The SMILES string of the molecule is CCOC(=O)C1CSC(CC(=O)Nc2ccccc2Cl)C(=O)N1. The van der Waals surface area contributed by atoms with Crippen LogP contribution < -0.4 is 10.6 Å². The first-order valence-corrected chi connectivity index (χ1v) is 8.57. The average Bonchev–Trinajstić information content (AvgIpc) is 2.52. The summed E-state index contributed by atoms with van der Waals surface area (Å²) in [5, 5.41) is 5.16. The molecule has 2 amide bonds. The minimum absolute atomic E-state index is 0.0112. The summed E-state index contributed by atoms with van der Waals surface area (Å²) in [5.74, 6) is -0.713. The molecular formula is C15H17ClN2O4S. The number of esters is 1. The molecule has 2 unspecified atom stereocenters. The van der Waals surface area contributed by atoms with Crippen LogP contribution in [-0.4, -0.2) is 41.4 Å². The topological polar surface area (TPSA) is 84.5 Å². The van der Waals surface area contributed by atoms with E-state index in [9.17, 15) is 14.4 Å². The molecule has 1 aromatic carbocycles. The van der Waals surface area contributed by atoms with Crippen LogP contribution in [0.1, 0.15) is 13.3 Å². The lowest BCUT2D eigenvalue weighted by Crippen LogP contribution is -2.51. The van der Waals surface area contributed by atoms with Crippen LogP contribution in [0.5, 0.6) is 0 Å². The van der Waals surface area contributed by atoms with Gasteiger partial charge in [-0.2, -0.15) is 0 Å². The maximum Gasteiger partial charge on any atom is 0.329 e. The lowest BCUT2D eigenvalue weighted by atomic mass is 10.2. The fourth-order valence-electron chi connectivity index (χ4n) is 2.05. The molecule has 6 nitrogen and oxygen atoms in total. The number of anilines is 1. The molecule has 0 spiro atoms. The monoisotopic (exact) mass is 356 g/mol. The van der Waals surface area contributed by atoms with Crippen LogP contribution in [0.2, 0.25) is 5.02 Å². The number of carbonyl (C=O) groups is 3. The van der Waals surface area contributed by atoms with Crippen LogP contribution in [0, 0.1) is 0 Å². The Morgan fingerprint density at radius 1 is 1.43 bits per heavy atom. The Hall–Kier alpha value is -1.73. The number of halogens is 1. The minimum atomic E-state index is -0.657. The maximum atomic E-state index is 12.0. The van der Waals surface area contributed by atoms with Gasteiger partial charge < -0.3 is 15.4 Å². The summed E-state index contributed by atoms with van der Waals surface area (Å²) in [6.45, 7) is 1.97. The average molecular weight is 357 g/mol. The second kappa shape index (κ2) is 8.21. The molecule has 2 N–H and O–H groups in total. The second-order valence-corrected chi connectivity index (χ2v) is 6.51. The molecule has 1 fully saturated rings. The van der Waals surface area contributed by atoms with E-state index >= 15 is 0 Å². The van der Waals surface area contributed by atoms with E-state index in [1.54, 1.807) is 31.2 Å². The highest BCUT2D eigenvalue weighted by molar-refractivity contribution is 8.00. The zero-order valence-corrected chi connectivity index (χ0v) is 14.1. The lowest BCUT2D eigenvalue weighted by Gasteiger charge is -2.27. The summed E-state index contributed by atoms with van der Waals surface area (Å²) in [6, 6.07) is 6.22. The molecule has 1 aromatic rings. The molecule has 23 heavy (non-hydrogen) atoms. The summed E-state index contributed by atoms with van der Waals surface area (Å²) in [4.78, 5) is 35.7. The molecule has 0 saturated carbocycles. The molecule has 0 aliphatic carbocycles. The van der Waals surface area contributed by atoms with E-state index in [2.05, 4.69) is 10.6 Å². The van der Waals surface area contributed by atoms with Crippen molar-refractivity contribution in [2.75, 3.05) is 17.7 Å². The zero-order valence-electron chi connectivity index (χ0n) is 12.5. The number of rotatable bonds is 5. The summed E-state index contributed by atoms with van der Waals surface area (Å²) in [7, 11) is 0. The van der Waals surface area contributed by atoms with Crippen LogP contribution in [0.4, 0.5) is 5.69 Å². The molecule has 2 atom stereocenters. The van der Waals surface area contributed by atoms with Gasteiger partial charge in [-0.1, -0.05) is 23.7 Å². The van der Waals surface area contributed by atoms with Gasteiger partial charge in [-0.15, -0.1) is 11.8 Å². The first-order chi connectivity index (χ1) is 11.0. The Balaban J connectivity index is 1.87. The normalized spacial score (nSPS) is 20.5. The van der Waals surface area contributed by atoms with Crippen molar-refractivity contribution in [1.82, 2.24) is 5.32 Å². The van der Waals surface area contributed by atoms with E-state index in [0.717, 1.165) is 0 Å². The Morgan fingerprint density at radius 2 is 2.17 bits per heavy atom. The van der Waals surface area contributed by atoms with Crippen LogP contribution >= 0.6 is 23.4 Å². The van der Waals surface area contributed by atoms with Crippen molar-refractivity contribution in [1.29, 1.82) is 0 Å². The summed E-state index contributed by atoms with van der Waals surface area (Å²) in [5.41, 5.74) is 0.504. The van der Waals surface area contributed by atoms with E-state index < -0.39 is 17.3 Å². The highest BCUT2D eigenvalue weighted by Gasteiger charge is 2.34. The minimum Gasteiger partial charge on any atom is -0.464 e. The van der Waals surface area contributed by atoms with Crippen molar-refractivity contribution >= 4 is 46.8 Å². The molecule has 0 radical (unpaired) electrons. The van der Waals surface area contributed by atoms with Gasteiger partial charge in [0.1, 0.15) is 6.04 Å². The van der Waals surface area contributed by atoms with Gasteiger partial charge in [-0.25, -0.2) is 4.79 Å². The number of ether oxygens (including phenoxy) is 1. The third-order valence-electron chi connectivity index (χ3n) is 3.16. The number of nitrogens with one attached hydrogen (secondary N) is 2. The fraction of sp³-hybridized carbons (Fsp3) is 0.400. The molecular weight excluding hydrogens is 340 g/mol. The third-order valence-corrected chi connectivity index (χ3v) is 4.80.